The summed E-state index contributed by atoms with van der Waals surface area (Å²) in [5, 5.41) is 10.4. The van der Waals surface area contributed by atoms with Crippen LogP contribution < -0.4 is 4.80 Å². The number of amidine groups is 1. The van der Waals surface area contributed by atoms with Gasteiger partial charge in [-0.1, -0.05) is 30.3 Å². The molecule has 7 heteroatoms. The number of thiazole rings is 1. The molecule has 2 aromatic heterocycles. The third-order valence-electron chi connectivity index (χ3n) is 4.49. The van der Waals surface area contributed by atoms with Crippen LogP contribution in [0.25, 0.3) is 16.9 Å². The molecule has 0 fully saturated rings. The number of aromatic nitrogens is 2. The third-order valence-corrected chi connectivity index (χ3v) is 5.31. The van der Waals surface area contributed by atoms with Crippen LogP contribution >= 0.6 is 11.3 Å². The maximum Gasteiger partial charge on any atom is 0.337 e. The van der Waals surface area contributed by atoms with Gasteiger partial charge in [-0.15, -0.1) is 11.3 Å². The molecule has 0 aliphatic rings. The number of nitrogens with one attached hydrogen (secondary N) is 1. The van der Waals surface area contributed by atoms with E-state index in [-0.39, 0.29) is 11.8 Å². The van der Waals surface area contributed by atoms with Crippen molar-refractivity contribution < 1.29 is 9.53 Å². The van der Waals surface area contributed by atoms with Crippen molar-refractivity contribution in [3.63, 3.8) is 0 Å². The van der Waals surface area contributed by atoms with Gasteiger partial charge in [0.25, 0.3) is 0 Å². The second-order valence-corrected chi connectivity index (χ2v) is 7.18. The van der Waals surface area contributed by atoms with Crippen LogP contribution in [0.2, 0.25) is 0 Å². The van der Waals surface area contributed by atoms with E-state index in [4.69, 9.17) is 10.1 Å². The lowest BCUT2D eigenvalue weighted by Crippen LogP contribution is -2.16. The summed E-state index contributed by atoms with van der Waals surface area (Å²) in [5.74, 6) is -0.233. The number of benzene rings is 2. The second-order valence-electron chi connectivity index (χ2n) is 6.34. The van der Waals surface area contributed by atoms with Crippen LogP contribution in [0, 0.1) is 5.41 Å². The maximum atomic E-state index is 11.8. The first-order valence-corrected chi connectivity index (χ1v) is 10.0. The minimum absolute atomic E-state index is 0.152. The lowest BCUT2D eigenvalue weighted by atomic mass is 10.1. The molecule has 0 amide bonds. The molecule has 0 bridgehead atoms. The Hall–Kier alpha value is -3.84. The SMILES string of the molecule is COC(=O)c1ccc(-n2c(-c3ccccc3)csc2=NC(=N)c2ccncc2)cc1. The van der Waals surface area contributed by atoms with Crippen molar-refractivity contribution in [1.29, 1.82) is 5.41 Å². The zero-order chi connectivity index (χ0) is 20.9. The average molecular weight is 414 g/mol. The number of carbonyl (C=O) groups is 1. The molecule has 4 aromatic rings. The third kappa shape index (κ3) is 3.97. The molecule has 0 spiro atoms. The summed E-state index contributed by atoms with van der Waals surface area (Å²) in [6, 6.07) is 20.6. The summed E-state index contributed by atoms with van der Waals surface area (Å²) < 4.78 is 6.77. The second kappa shape index (κ2) is 8.67. The number of nitrogens with zero attached hydrogens (tertiary/aromatic N) is 3. The highest BCUT2D eigenvalue weighted by molar-refractivity contribution is 7.07. The first-order valence-electron chi connectivity index (χ1n) is 9.16. The fraction of sp³-hybridized carbons (Fsp3) is 0.0435. The standard InChI is InChI=1S/C23H18N4O2S/c1-29-22(28)18-7-9-19(10-8-18)27-20(16-5-3-2-4-6-16)15-30-23(27)26-21(24)17-11-13-25-14-12-17/h2-15,24H,1H3. The van der Waals surface area contributed by atoms with Crippen LogP contribution in [0.5, 0.6) is 0 Å². The number of rotatable bonds is 4. The minimum atomic E-state index is -0.385. The van der Waals surface area contributed by atoms with E-state index >= 15 is 0 Å². The molecule has 0 atom stereocenters. The van der Waals surface area contributed by atoms with Gasteiger partial charge in [-0.05, 0) is 42.0 Å². The normalized spacial score (nSPS) is 11.3. The molecule has 0 saturated heterocycles. The molecule has 6 nitrogen and oxygen atoms in total. The van der Waals surface area contributed by atoms with Gasteiger partial charge in [0.15, 0.2) is 10.6 Å². The Morgan fingerprint density at radius 1 is 1.00 bits per heavy atom. The smallest absolute Gasteiger partial charge is 0.337 e. The molecule has 148 valence electrons. The van der Waals surface area contributed by atoms with Gasteiger partial charge in [0, 0.05) is 29.0 Å². The quantitative estimate of drug-likeness (QED) is 0.307. The summed E-state index contributed by atoms with van der Waals surface area (Å²) in [5.41, 5.74) is 3.98. The van der Waals surface area contributed by atoms with Crippen molar-refractivity contribution in [1.82, 2.24) is 9.55 Å². The highest BCUT2D eigenvalue weighted by atomic mass is 32.1. The van der Waals surface area contributed by atoms with Crippen LogP contribution in [0.4, 0.5) is 0 Å². The van der Waals surface area contributed by atoms with Gasteiger partial charge >= 0.3 is 5.97 Å². The number of hydrogen-bond donors (Lipinski definition) is 1. The lowest BCUT2D eigenvalue weighted by Gasteiger charge is -2.10. The molecule has 4 rings (SSSR count). The fourth-order valence-corrected chi connectivity index (χ4v) is 3.90. The summed E-state index contributed by atoms with van der Waals surface area (Å²) in [6.07, 6.45) is 3.28. The minimum Gasteiger partial charge on any atom is -0.465 e. The van der Waals surface area contributed by atoms with E-state index in [9.17, 15) is 4.79 Å². The molecule has 0 unspecified atom stereocenters. The zero-order valence-electron chi connectivity index (χ0n) is 16.1. The molecular formula is C23H18N4O2S. The predicted molar refractivity (Wildman–Crippen MR) is 117 cm³/mol. The topological polar surface area (TPSA) is 80.3 Å². The number of hydrogen-bond acceptors (Lipinski definition) is 5. The lowest BCUT2D eigenvalue weighted by molar-refractivity contribution is 0.0600. The van der Waals surface area contributed by atoms with Crippen molar-refractivity contribution >= 4 is 23.1 Å². The fourth-order valence-electron chi connectivity index (χ4n) is 2.98. The molecule has 2 aromatic carbocycles. The number of carbonyl (C=O) groups excluding carboxylic acids is 1. The number of methoxy groups -OCH3 is 1. The van der Waals surface area contributed by atoms with E-state index in [1.54, 1.807) is 36.7 Å². The highest BCUT2D eigenvalue weighted by Gasteiger charge is 2.12. The number of pyridine rings is 1. The average Bonchev–Trinajstić information content (AvgIpc) is 3.23. The molecule has 0 aliphatic carbocycles. The van der Waals surface area contributed by atoms with Gasteiger partial charge in [0.05, 0.1) is 18.4 Å². The Balaban J connectivity index is 1.86. The van der Waals surface area contributed by atoms with E-state index in [1.165, 1.54) is 18.4 Å². The van der Waals surface area contributed by atoms with E-state index in [2.05, 4.69) is 9.98 Å². The van der Waals surface area contributed by atoms with Crippen LogP contribution in [0.1, 0.15) is 15.9 Å². The Labute approximate surface area is 177 Å². The van der Waals surface area contributed by atoms with Crippen molar-refractivity contribution in [3.05, 3.63) is 100 Å². The summed E-state index contributed by atoms with van der Waals surface area (Å²) >= 11 is 1.45. The van der Waals surface area contributed by atoms with Crippen LogP contribution in [0.15, 0.2) is 89.5 Å². The van der Waals surface area contributed by atoms with Gasteiger partial charge in [-0.2, -0.15) is 0 Å². The molecular weight excluding hydrogens is 396 g/mol. The Bertz CT molecular complexity index is 1240. The summed E-state index contributed by atoms with van der Waals surface area (Å²) in [7, 11) is 1.36. The Morgan fingerprint density at radius 3 is 2.37 bits per heavy atom. The molecule has 1 N–H and O–H groups in total. The van der Waals surface area contributed by atoms with Gasteiger partial charge < -0.3 is 4.74 Å². The van der Waals surface area contributed by atoms with Gasteiger partial charge in [0.2, 0.25) is 0 Å². The Morgan fingerprint density at radius 2 is 1.70 bits per heavy atom. The molecule has 2 heterocycles. The van der Waals surface area contributed by atoms with E-state index < -0.39 is 0 Å². The van der Waals surface area contributed by atoms with Gasteiger partial charge in [-0.25, -0.2) is 9.79 Å². The van der Waals surface area contributed by atoms with Crippen molar-refractivity contribution in [3.8, 4) is 16.9 Å². The molecule has 0 radical (unpaired) electrons. The van der Waals surface area contributed by atoms with Gasteiger partial charge in [-0.3, -0.25) is 15.0 Å². The van der Waals surface area contributed by atoms with Crippen molar-refractivity contribution in [2.75, 3.05) is 7.11 Å². The monoisotopic (exact) mass is 414 g/mol. The largest absolute Gasteiger partial charge is 0.465 e. The molecule has 0 saturated carbocycles. The first-order chi connectivity index (χ1) is 14.7. The molecule has 30 heavy (non-hydrogen) atoms. The summed E-state index contributed by atoms with van der Waals surface area (Å²) in [4.78, 5) is 21.0. The first kappa shape index (κ1) is 19.5. The molecule has 0 aliphatic heterocycles. The van der Waals surface area contributed by atoms with Crippen LogP contribution in [0.3, 0.4) is 0 Å². The Kier molecular flexibility index (Phi) is 5.63. The van der Waals surface area contributed by atoms with Crippen molar-refractivity contribution in [2.24, 2.45) is 4.99 Å². The number of esters is 1. The zero-order valence-corrected chi connectivity index (χ0v) is 17.0. The maximum absolute atomic E-state index is 11.8. The van der Waals surface area contributed by atoms with E-state index in [1.807, 2.05) is 52.4 Å². The highest BCUT2D eigenvalue weighted by Crippen LogP contribution is 2.23. The number of ether oxygens (including phenoxy) is 1. The van der Waals surface area contributed by atoms with Gasteiger partial charge in [0.1, 0.15) is 0 Å². The predicted octanol–water partition coefficient (Wildman–Crippen LogP) is 4.31. The van der Waals surface area contributed by atoms with Crippen LogP contribution in [-0.4, -0.2) is 28.5 Å². The van der Waals surface area contributed by atoms with Crippen molar-refractivity contribution in [2.45, 2.75) is 0 Å². The van der Waals surface area contributed by atoms with Crippen LogP contribution in [-0.2, 0) is 4.74 Å². The van der Waals surface area contributed by atoms with E-state index in [0.717, 1.165) is 16.9 Å². The van der Waals surface area contributed by atoms with E-state index in [0.29, 0.717) is 15.9 Å². The summed E-state index contributed by atoms with van der Waals surface area (Å²) in [6.45, 7) is 0.